The highest BCUT2D eigenvalue weighted by Crippen LogP contribution is 2.30. The van der Waals surface area contributed by atoms with Crippen molar-refractivity contribution in [2.75, 3.05) is 0 Å². The monoisotopic (exact) mass is 213 g/mol. The maximum Gasteiger partial charge on any atom is 0.238 e. The summed E-state index contributed by atoms with van der Waals surface area (Å²) in [6.45, 7) is 1.94. The molecule has 5 heteroatoms. The van der Waals surface area contributed by atoms with Crippen LogP contribution in [0.15, 0.2) is 23.1 Å². The van der Waals surface area contributed by atoms with Gasteiger partial charge in [-0.15, -0.1) is 0 Å². The zero-order valence-corrected chi connectivity index (χ0v) is 8.54. The third kappa shape index (κ3) is 1.60. The molecule has 0 spiro atoms. The van der Waals surface area contributed by atoms with Crippen LogP contribution in [0.1, 0.15) is 12.5 Å². The number of fused-ring (bicyclic) bond motifs is 1. The molecule has 2 N–H and O–H groups in total. The van der Waals surface area contributed by atoms with Crippen molar-refractivity contribution in [1.29, 1.82) is 0 Å². The van der Waals surface area contributed by atoms with Crippen LogP contribution in [0.2, 0.25) is 0 Å². The molecule has 0 bridgehead atoms. The van der Waals surface area contributed by atoms with E-state index in [4.69, 9.17) is 9.88 Å². The Morgan fingerprint density at radius 3 is 2.86 bits per heavy atom. The van der Waals surface area contributed by atoms with Gasteiger partial charge in [0.05, 0.1) is 4.90 Å². The van der Waals surface area contributed by atoms with Gasteiger partial charge in [0.15, 0.2) is 0 Å². The number of primary sulfonamides is 1. The van der Waals surface area contributed by atoms with E-state index in [2.05, 4.69) is 0 Å². The molecule has 0 saturated heterocycles. The van der Waals surface area contributed by atoms with Crippen molar-refractivity contribution in [3.05, 3.63) is 23.8 Å². The molecule has 14 heavy (non-hydrogen) atoms. The van der Waals surface area contributed by atoms with Crippen molar-refractivity contribution in [1.82, 2.24) is 0 Å². The van der Waals surface area contributed by atoms with Gasteiger partial charge < -0.3 is 4.74 Å². The lowest BCUT2D eigenvalue weighted by Crippen LogP contribution is -2.12. The van der Waals surface area contributed by atoms with E-state index in [0.717, 1.165) is 17.7 Å². The van der Waals surface area contributed by atoms with Gasteiger partial charge in [0.1, 0.15) is 11.9 Å². The minimum atomic E-state index is -3.60. The SMILES string of the molecule is C[C@@H]1Cc2cc(S(N)(=O)=O)ccc2O1. The molecular formula is C9H11NO3S. The Labute approximate surface area is 82.7 Å². The minimum absolute atomic E-state index is 0.112. The lowest BCUT2D eigenvalue weighted by atomic mass is 10.1. The zero-order chi connectivity index (χ0) is 10.3. The summed E-state index contributed by atoms with van der Waals surface area (Å²) in [5, 5.41) is 5.02. The Balaban J connectivity index is 2.48. The highest BCUT2D eigenvalue weighted by molar-refractivity contribution is 7.89. The summed E-state index contributed by atoms with van der Waals surface area (Å²) in [4.78, 5) is 0.147. The van der Waals surface area contributed by atoms with Crippen LogP contribution in [-0.2, 0) is 16.4 Å². The van der Waals surface area contributed by atoms with Crippen molar-refractivity contribution < 1.29 is 13.2 Å². The molecular weight excluding hydrogens is 202 g/mol. The quantitative estimate of drug-likeness (QED) is 0.745. The van der Waals surface area contributed by atoms with Gasteiger partial charge in [0.25, 0.3) is 0 Å². The second kappa shape index (κ2) is 2.96. The van der Waals surface area contributed by atoms with Crippen LogP contribution in [-0.4, -0.2) is 14.5 Å². The highest BCUT2D eigenvalue weighted by atomic mass is 32.2. The van der Waals surface area contributed by atoms with Crippen LogP contribution in [0, 0.1) is 0 Å². The Bertz CT molecular complexity index is 467. The normalized spacial score (nSPS) is 20.3. The topological polar surface area (TPSA) is 69.4 Å². The molecule has 1 atom stereocenters. The van der Waals surface area contributed by atoms with Gasteiger partial charge in [-0.1, -0.05) is 0 Å². The van der Waals surface area contributed by atoms with E-state index >= 15 is 0 Å². The molecule has 0 radical (unpaired) electrons. The molecule has 1 heterocycles. The highest BCUT2D eigenvalue weighted by Gasteiger charge is 2.20. The van der Waals surface area contributed by atoms with Gasteiger partial charge in [-0.3, -0.25) is 0 Å². The number of sulfonamides is 1. The first-order valence-electron chi connectivity index (χ1n) is 4.29. The maximum absolute atomic E-state index is 11.1. The predicted molar refractivity (Wildman–Crippen MR) is 51.6 cm³/mol. The van der Waals surface area contributed by atoms with Crippen molar-refractivity contribution in [2.45, 2.75) is 24.3 Å². The second-order valence-corrected chi connectivity index (χ2v) is 5.01. The first-order chi connectivity index (χ1) is 6.47. The van der Waals surface area contributed by atoms with Gasteiger partial charge in [-0.2, -0.15) is 0 Å². The Morgan fingerprint density at radius 1 is 1.50 bits per heavy atom. The third-order valence-corrected chi connectivity index (χ3v) is 3.11. The van der Waals surface area contributed by atoms with E-state index in [1.165, 1.54) is 6.07 Å². The zero-order valence-electron chi connectivity index (χ0n) is 7.73. The average Bonchev–Trinajstić information content (AvgIpc) is 2.41. The summed E-state index contributed by atoms with van der Waals surface area (Å²) in [6.07, 6.45) is 0.847. The third-order valence-electron chi connectivity index (χ3n) is 2.20. The fraction of sp³-hybridized carbons (Fsp3) is 0.333. The van der Waals surface area contributed by atoms with Gasteiger partial charge in [0.2, 0.25) is 10.0 Å². The molecule has 0 unspecified atom stereocenters. The Kier molecular flexibility index (Phi) is 2.01. The molecule has 0 fully saturated rings. The molecule has 0 aromatic heterocycles. The molecule has 1 aliphatic rings. The Morgan fingerprint density at radius 2 is 2.21 bits per heavy atom. The van der Waals surface area contributed by atoms with Crippen molar-refractivity contribution in [2.24, 2.45) is 5.14 Å². The summed E-state index contributed by atoms with van der Waals surface area (Å²) >= 11 is 0. The molecule has 1 aliphatic heterocycles. The van der Waals surface area contributed by atoms with E-state index in [1.54, 1.807) is 12.1 Å². The lowest BCUT2D eigenvalue weighted by molar-refractivity contribution is 0.254. The number of hydrogen-bond donors (Lipinski definition) is 1. The van der Waals surface area contributed by atoms with E-state index < -0.39 is 10.0 Å². The molecule has 4 nitrogen and oxygen atoms in total. The molecule has 0 aliphatic carbocycles. The summed E-state index contributed by atoms with van der Waals surface area (Å²) in [5.74, 6) is 0.755. The van der Waals surface area contributed by atoms with Crippen LogP contribution in [0.5, 0.6) is 5.75 Å². The van der Waals surface area contributed by atoms with Crippen LogP contribution in [0.4, 0.5) is 0 Å². The molecule has 0 saturated carbocycles. The van der Waals surface area contributed by atoms with E-state index in [9.17, 15) is 8.42 Å². The summed E-state index contributed by atoms with van der Waals surface area (Å²) in [6, 6.07) is 4.69. The van der Waals surface area contributed by atoms with E-state index in [0.29, 0.717) is 0 Å². The van der Waals surface area contributed by atoms with E-state index in [-0.39, 0.29) is 11.0 Å². The second-order valence-electron chi connectivity index (χ2n) is 3.45. The van der Waals surface area contributed by atoms with Crippen molar-refractivity contribution >= 4 is 10.0 Å². The van der Waals surface area contributed by atoms with Crippen LogP contribution in [0.25, 0.3) is 0 Å². The van der Waals surface area contributed by atoms with Gasteiger partial charge in [-0.05, 0) is 30.7 Å². The average molecular weight is 213 g/mol. The summed E-state index contributed by atoms with van der Waals surface area (Å²) in [7, 11) is -3.60. The first-order valence-corrected chi connectivity index (χ1v) is 5.84. The number of ether oxygens (including phenoxy) is 1. The fourth-order valence-corrected chi connectivity index (χ4v) is 2.14. The summed E-state index contributed by atoms with van der Waals surface area (Å²) < 4.78 is 27.5. The number of nitrogens with two attached hydrogens (primary N) is 1. The molecule has 1 aromatic carbocycles. The summed E-state index contributed by atoms with van der Waals surface area (Å²) in [5.41, 5.74) is 0.907. The van der Waals surface area contributed by atoms with Crippen molar-refractivity contribution in [3.63, 3.8) is 0 Å². The minimum Gasteiger partial charge on any atom is -0.490 e. The molecule has 1 aromatic rings. The van der Waals surface area contributed by atoms with Crippen molar-refractivity contribution in [3.8, 4) is 5.75 Å². The van der Waals surface area contributed by atoms with Crippen LogP contribution in [0.3, 0.4) is 0 Å². The van der Waals surface area contributed by atoms with Gasteiger partial charge >= 0.3 is 0 Å². The largest absolute Gasteiger partial charge is 0.490 e. The Hall–Kier alpha value is -1.07. The van der Waals surface area contributed by atoms with Gasteiger partial charge in [-0.25, -0.2) is 13.6 Å². The predicted octanol–water partition coefficient (Wildman–Crippen LogP) is 0.657. The number of hydrogen-bond acceptors (Lipinski definition) is 3. The molecule has 2 rings (SSSR count). The van der Waals surface area contributed by atoms with Crippen LogP contribution < -0.4 is 9.88 Å². The first kappa shape index (κ1) is 9.48. The lowest BCUT2D eigenvalue weighted by Gasteiger charge is -2.02. The number of benzene rings is 1. The maximum atomic E-state index is 11.1. The van der Waals surface area contributed by atoms with E-state index in [1.807, 2.05) is 6.92 Å². The van der Waals surface area contributed by atoms with Crippen LogP contribution >= 0.6 is 0 Å². The standard InChI is InChI=1S/C9H11NO3S/c1-6-4-7-5-8(14(10,11)12)2-3-9(7)13-6/h2-3,5-6H,4H2,1H3,(H2,10,11,12)/t6-/m1/s1. The molecule has 76 valence electrons. The van der Waals surface area contributed by atoms with Gasteiger partial charge in [0, 0.05) is 6.42 Å². The fourth-order valence-electron chi connectivity index (χ4n) is 1.58. The smallest absolute Gasteiger partial charge is 0.238 e. The number of rotatable bonds is 1. The molecule has 0 amide bonds.